The number of fused-ring (bicyclic) bond motifs is 1. The third-order valence-electron chi connectivity index (χ3n) is 8.60. The fourth-order valence-corrected chi connectivity index (χ4v) is 6.90. The van der Waals surface area contributed by atoms with Crippen LogP contribution in [0.1, 0.15) is 61.9 Å². The maximum absolute atomic E-state index is 12.8. The summed E-state index contributed by atoms with van der Waals surface area (Å²) in [7, 11) is 0. The van der Waals surface area contributed by atoms with Crippen LogP contribution in [0.2, 0.25) is 0 Å². The van der Waals surface area contributed by atoms with Gasteiger partial charge in [-0.15, -0.1) is 11.8 Å². The van der Waals surface area contributed by atoms with Crippen molar-refractivity contribution in [3.8, 4) is 11.1 Å². The molecule has 256 valence electrons. The minimum absolute atomic E-state index is 0.0444. The lowest BCUT2D eigenvalue weighted by atomic mass is 9.99. The second kappa shape index (κ2) is 15.6. The number of pyridine rings is 1. The van der Waals surface area contributed by atoms with Gasteiger partial charge in [0, 0.05) is 30.5 Å². The molecular weight excluding hydrogens is 665 g/mol. The monoisotopic (exact) mass is 698 g/mol. The van der Waals surface area contributed by atoms with E-state index in [0.29, 0.717) is 29.3 Å². The molecule has 7 rings (SSSR count). The van der Waals surface area contributed by atoms with Gasteiger partial charge in [0.15, 0.2) is 6.29 Å². The highest BCUT2D eigenvalue weighted by atomic mass is 32.2. The smallest absolute Gasteiger partial charge is 0.338 e. The molecule has 0 bridgehead atoms. The van der Waals surface area contributed by atoms with Crippen molar-refractivity contribution >= 4 is 34.7 Å². The van der Waals surface area contributed by atoms with Crippen LogP contribution in [0.25, 0.3) is 22.2 Å². The van der Waals surface area contributed by atoms with Gasteiger partial charge >= 0.3 is 5.97 Å². The van der Waals surface area contributed by atoms with Crippen LogP contribution in [0.5, 0.6) is 0 Å². The molecule has 1 fully saturated rings. The van der Waals surface area contributed by atoms with Gasteiger partial charge in [-0.1, -0.05) is 78.9 Å². The van der Waals surface area contributed by atoms with Gasteiger partial charge in [0.2, 0.25) is 0 Å². The van der Waals surface area contributed by atoms with Crippen LogP contribution >= 0.6 is 11.8 Å². The number of amides is 1. The molecule has 0 spiro atoms. The molecule has 1 aliphatic heterocycles. The number of aliphatic hydroxyl groups is 1. The maximum atomic E-state index is 12.8. The number of benzene rings is 4. The topological polar surface area (TPSA) is 144 Å². The molecule has 1 saturated heterocycles. The fourth-order valence-electron chi connectivity index (χ4n) is 5.90. The predicted octanol–water partition coefficient (Wildman–Crippen LogP) is 7.15. The van der Waals surface area contributed by atoms with Crippen LogP contribution in [-0.2, 0) is 22.6 Å². The number of nitrogens with one attached hydrogen (secondary N) is 1. The number of rotatable bonds is 11. The standard InChI is InChI=1S/C40H34N4O6S/c45-23-25-10-12-28(13-11-25)36-20-31(24-51-38-32(39(47)48)7-4-18-41-38)49-40(50-36)29-16-14-27(15-17-29)30-6-3-5-26(19-30)21-43-37(46)35-22-42-33-8-1-2-9-34(33)44-35/h1-19,22,31,36,40,45H,20-21,23-24H2,(H,43,46)(H,47,48). The summed E-state index contributed by atoms with van der Waals surface area (Å²) in [5, 5.41) is 22.5. The number of aromatic nitrogens is 3. The molecule has 0 aliphatic carbocycles. The first-order valence-corrected chi connectivity index (χ1v) is 17.4. The van der Waals surface area contributed by atoms with E-state index in [1.54, 1.807) is 18.3 Å². The number of hydrogen-bond donors (Lipinski definition) is 3. The van der Waals surface area contributed by atoms with E-state index in [4.69, 9.17) is 9.47 Å². The second-order valence-corrected chi connectivity index (χ2v) is 13.1. The molecule has 51 heavy (non-hydrogen) atoms. The lowest BCUT2D eigenvalue weighted by Gasteiger charge is -2.36. The summed E-state index contributed by atoms with van der Waals surface area (Å²) in [6, 6.07) is 34.2. The van der Waals surface area contributed by atoms with E-state index >= 15 is 0 Å². The van der Waals surface area contributed by atoms with Gasteiger partial charge in [-0.25, -0.2) is 14.8 Å². The lowest BCUT2D eigenvalue weighted by molar-refractivity contribution is -0.245. The summed E-state index contributed by atoms with van der Waals surface area (Å²) in [4.78, 5) is 37.7. The number of ether oxygens (including phenoxy) is 2. The highest BCUT2D eigenvalue weighted by molar-refractivity contribution is 7.99. The first-order valence-electron chi connectivity index (χ1n) is 16.4. The summed E-state index contributed by atoms with van der Waals surface area (Å²) in [6.45, 7) is 0.284. The van der Waals surface area contributed by atoms with Gasteiger partial charge in [0.05, 0.1) is 41.6 Å². The number of aromatic carboxylic acids is 1. The van der Waals surface area contributed by atoms with Crippen LogP contribution in [0.15, 0.2) is 127 Å². The van der Waals surface area contributed by atoms with Gasteiger partial charge in [-0.3, -0.25) is 9.78 Å². The molecule has 3 unspecified atom stereocenters. The maximum Gasteiger partial charge on any atom is 0.338 e. The Morgan fingerprint density at radius 1 is 0.804 bits per heavy atom. The Bertz CT molecular complexity index is 2160. The number of carboxylic acids is 1. The van der Waals surface area contributed by atoms with Crippen molar-refractivity contribution in [2.75, 3.05) is 5.75 Å². The van der Waals surface area contributed by atoms with Gasteiger partial charge < -0.3 is 25.0 Å². The molecule has 6 aromatic rings. The predicted molar refractivity (Wildman–Crippen MR) is 193 cm³/mol. The summed E-state index contributed by atoms with van der Waals surface area (Å²) in [6.07, 6.45) is 2.43. The Labute approximate surface area is 298 Å². The van der Waals surface area contributed by atoms with Crippen LogP contribution in [-0.4, -0.2) is 48.9 Å². The lowest BCUT2D eigenvalue weighted by Crippen LogP contribution is -2.31. The quantitative estimate of drug-likeness (QED) is 0.119. The average molecular weight is 699 g/mol. The third-order valence-corrected chi connectivity index (χ3v) is 9.74. The second-order valence-electron chi connectivity index (χ2n) is 12.1. The Morgan fingerprint density at radius 2 is 1.59 bits per heavy atom. The van der Waals surface area contributed by atoms with Gasteiger partial charge in [-0.2, -0.15) is 0 Å². The van der Waals surface area contributed by atoms with E-state index < -0.39 is 12.3 Å². The molecule has 3 N–H and O–H groups in total. The van der Waals surface area contributed by atoms with E-state index in [-0.39, 0.29) is 36.0 Å². The zero-order chi connectivity index (χ0) is 35.2. The number of carbonyl (C=O) groups is 2. The van der Waals surface area contributed by atoms with E-state index in [1.807, 2.05) is 97.1 Å². The number of carbonyl (C=O) groups excluding carboxylic acids is 1. The van der Waals surface area contributed by atoms with E-state index in [9.17, 15) is 19.8 Å². The minimum atomic E-state index is -1.02. The van der Waals surface area contributed by atoms with Crippen molar-refractivity contribution < 1.29 is 29.3 Å². The summed E-state index contributed by atoms with van der Waals surface area (Å²) in [5.41, 5.74) is 7.36. The van der Waals surface area contributed by atoms with Crippen molar-refractivity contribution in [3.05, 3.63) is 155 Å². The first kappa shape index (κ1) is 34.0. The zero-order valence-electron chi connectivity index (χ0n) is 27.4. The Balaban J connectivity index is 1.05. The highest BCUT2D eigenvalue weighted by Gasteiger charge is 2.32. The molecule has 3 heterocycles. The molecule has 4 aromatic carbocycles. The minimum Gasteiger partial charge on any atom is -0.478 e. The van der Waals surface area contributed by atoms with Crippen LogP contribution in [0, 0.1) is 0 Å². The molecule has 3 atom stereocenters. The molecular formula is C40H34N4O6S. The summed E-state index contributed by atoms with van der Waals surface area (Å²) < 4.78 is 13.0. The van der Waals surface area contributed by atoms with Crippen molar-refractivity contribution in [1.82, 2.24) is 20.3 Å². The highest BCUT2D eigenvalue weighted by Crippen LogP contribution is 2.40. The van der Waals surface area contributed by atoms with Gasteiger partial charge in [0.1, 0.15) is 10.7 Å². The number of hydrogen-bond acceptors (Lipinski definition) is 9. The van der Waals surface area contributed by atoms with Crippen LogP contribution in [0.4, 0.5) is 0 Å². The molecule has 0 saturated carbocycles. The van der Waals surface area contributed by atoms with Gasteiger partial charge in [0.25, 0.3) is 5.91 Å². The molecule has 11 heteroatoms. The van der Waals surface area contributed by atoms with Crippen molar-refractivity contribution in [3.63, 3.8) is 0 Å². The Kier molecular flexibility index (Phi) is 10.4. The van der Waals surface area contributed by atoms with Crippen molar-refractivity contribution in [2.45, 2.75) is 43.1 Å². The zero-order valence-corrected chi connectivity index (χ0v) is 28.2. The van der Waals surface area contributed by atoms with E-state index in [1.165, 1.54) is 18.0 Å². The average Bonchev–Trinajstić information content (AvgIpc) is 3.19. The van der Waals surface area contributed by atoms with Crippen LogP contribution < -0.4 is 5.32 Å². The molecule has 2 aromatic heterocycles. The number of para-hydroxylation sites is 2. The largest absolute Gasteiger partial charge is 0.478 e. The van der Waals surface area contributed by atoms with E-state index in [0.717, 1.165) is 38.9 Å². The normalized spacial score (nSPS) is 17.2. The summed E-state index contributed by atoms with van der Waals surface area (Å²) >= 11 is 1.35. The number of thioether (sulfide) groups is 1. The molecule has 1 aliphatic rings. The first-order chi connectivity index (χ1) is 24.9. The Hall–Kier alpha value is -5.46. The number of carboxylic acid groups (broad SMARTS) is 1. The number of aliphatic hydroxyl groups excluding tert-OH is 1. The van der Waals surface area contributed by atoms with Crippen molar-refractivity contribution in [1.29, 1.82) is 0 Å². The number of nitrogens with zero attached hydrogens (tertiary/aromatic N) is 3. The van der Waals surface area contributed by atoms with Crippen LogP contribution in [0.3, 0.4) is 0 Å². The van der Waals surface area contributed by atoms with E-state index in [2.05, 4.69) is 20.3 Å². The molecule has 10 nitrogen and oxygen atoms in total. The Morgan fingerprint density at radius 3 is 2.37 bits per heavy atom. The van der Waals surface area contributed by atoms with Crippen molar-refractivity contribution in [2.24, 2.45) is 0 Å². The molecule has 0 radical (unpaired) electrons. The fraction of sp³-hybridized carbons (Fsp3) is 0.175. The SMILES string of the molecule is O=C(NCc1cccc(-c2ccc(C3OC(CSc4ncccc4C(=O)O)CC(c4ccc(CO)cc4)O3)cc2)c1)c1cnc2ccccc2n1. The summed E-state index contributed by atoms with van der Waals surface area (Å²) in [5.74, 6) is -0.835. The molecule has 1 amide bonds. The van der Waals surface area contributed by atoms with Gasteiger partial charge in [-0.05, 0) is 58.1 Å². The third kappa shape index (κ3) is 8.13.